The fourth-order valence-corrected chi connectivity index (χ4v) is 3.23. The molecule has 100 valence electrons. The summed E-state index contributed by atoms with van der Waals surface area (Å²) in [6, 6.07) is 1.41. The molecule has 0 radical (unpaired) electrons. The molecule has 1 aromatic rings. The van der Waals surface area contributed by atoms with Crippen molar-refractivity contribution in [3.8, 4) is 0 Å². The second kappa shape index (κ2) is 5.11. The second-order valence-electron chi connectivity index (χ2n) is 5.49. The minimum absolute atomic E-state index is 0.686. The van der Waals surface area contributed by atoms with Crippen molar-refractivity contribution in [1.29, 1.82) is 0 Å². The lowest BCUT2D eigenvalue weighted by molar-refractivity contribution is 0.0677. The predicted octanol–water partition coefficient (Wildman–Crippen LogP) is 0.753. The lowest BCUT2D eigenvalue weighted by Gasteiger charge is -2.48. The Morgan fingerprint density at radius 2 is 1.94 bits per heavy atom. The molecular weight excluding hydrogens is 246 g/mol. The van der Waals surface area contributed by atoms with Gasteiger partial charge in [0.1, 0.15) is 0 Å². The molecule has 18 heavy (non-hydrogen) atoms. The maximum absolute atomic E-state index is 4.28. The summed E-state index contributed by atoms with van der Waals surface area (Å²) in [6.45, 7) is 11.7. The third-order valence-corrected chi connectivity index (χ3v) is 4.60. The normalized spacial score (nSPS) is 23.6. The van der Waals surface area contributed by atoms with E-state index in [1.54, 1.807) is 0 Å². The molecule has 0 aromatic carbocycles. The number of nitrogens with zero attached hydrogens (tertiary/aromatic N) is 5. The average Bonchev–Trinajstić information content (AvgIpc) is 2.81. The quantitative estimate of drug-likeness (QED) is 0.808. The van der Waals surface area contributed by atoms with Crippen LogP contribution in [0.4, 0.5) is 5.82 Å². The summed E-state index contributed by atoms with van der Waals surface area (Å²) < 4.78 is 8.34. The first-order valence-corrected chi connectivity index (χ1v) is 7.47. The van der Waals surface area contributed by atoms with Crippen molar-refractivity contribution in [2.45, 2.75) is 25.9 Å². The number of hydrogen-bond donors (Lipinski definition) is 0. The Kier molecular flexibility index (Phi) is 3.50. The van der Waals surface area contributed by atoms with Crippen molar-refractivity contribution in [3.05, 3.63) is 6.20 Å². The van der Waals surface area contributed by atoms with E-state index < -0.39 is 0 Å². The molecule has 2 aliphatic heterocycles. The van der Waals surface area contributed by atoms with Crippen LogP contribution in [0.5, 0.6) is 0 Å². The van der Waals surface area contributed by atoms with Crippen LogP contribution in [0.3, 0.4) is 0 Å². The molecule has 2 saturated heterocycles. The molecule has 0 amide bonds. The lowest BCUT2D eigenvalue weighted by Crippen LogP contribution is -2.63. The van der Waals surface area contributed by atoms with E-state index in [4.69, 9.17) is 0 Å². The van der Waals surface area contributed by atoms with Crippen LogP contribution >= 0.6 is 11.7 Å². The topological polar surface area (TPSA) is 35.5 Å². The van der Waals surface area contributed by atoms with Crippen molar-refractivity contribution in [2.75, 3.05) is 44.2 Å². The van der Waals surface area contributed by atoms with Crippen molar-refractivity contribution < 1.29 is 0 Å². The van der Waals surface area contributed by atoms with Crippen LogP contribution in [0.15, 0.2) is 6.20 Å². The van der Waals surface area contributed by atoms with Gasteiger partial charge in [0.15, 0.2) is 5.82 Å². The summed E-state index contributed by atoms with van der Waals surface area (Å²) in [6.07, 6.45) is 1.87. The monoisotopic (exact) mass is 267 g/mol. The molecule has 0 bridgehead atoms. The minimum Gasteiger partial charge on any atom is -0.351 e. The zero-order valence-electron chi connectivity index (χ0n) is 11.1. The zero-order valence-corrected chi connectivity index (χ0v) is 11.9. The molecule has 0 saturated carbocycles. The molecule has 2 aliphatic rings. The highest BCUT2D eigenvalue weighted by molar-refractivity contribution is 6.99. The number of piperazine rings is 1. The molecule has 2 fully saturated rings. The maximum Gasteiger partial charge on any atom is 0.162 e. The van der Waals surface area contributed by atoms with E-state index in [2.05, 4.69) is 37.3 Å². The summed E-state index contributed by atoms with van der Waals surface area (Å²) in [7, 11) is 0. The van der Waals surface area contributed by atoms with Crippen LogP contribution in [0, 0.1) is 0 Å². The van der Waals surface area contributed by atoms with Crippen LogP contribution < -0.4 is 4.90 Å². The molecule has 0 aliphatic carbocycles. The summed E-state index contributed by atoms with van der Waals surface area (Å²) in [5, 5.41) is 0. The standard InChI is InChI=1S/C12H21N5S/c1-10(2)15-3-5-16(6-4-15)11-8-17(9-11)12-7-13-18-14-12/h7,10-11H,3-6,8-9H2,1-2H3. The first kappa shape index (κ1) is 12.3. The number of anilines is 1. The van der Waals surface area contributed by atoms with Gasteiger partial charge in [-0.05, 0) is 13.8 Å². The van der Waals surface area contributed by atoms with Crippen molar-refractivity contribution >= 4 is 17.5 Å². The average molecular weight is 267 g/mol. The van der Waals surface area contributed by atoms with Crippen LogP contribution in [0.1, 0.15) is 13.8 Å². The first-order valence-electron chi connectivity index (χ1n) is 6.74. The van der Waals surface area contributed by atoms with Gasteiger partial charge in [0.25, 0.3) is 0 Å². The number of rotatable bonds is 3. The first-order chi connectivity index (χ1) is 8.74. The molecule has 1 aromatic heterocycles. The lowest BCUT2D eigenvalue weighted by atomic mass is 10.1. The van der Waals surface area contributed by atoms with Crippen molar-refractivity contribution in [3.63, 3.8) is 0 Å². The highest BCUT2D eigenvalue weighted by atomic mass is 32.1. The Labute approximate surface area is 113 Å². The summed E-state index contributed by atoms with van der Waals surface area (Å²) in [5.74, 6) is 1.05. The van der Waals surface area contributed by atoms with E-state index in [0.717, 1.165) is 24.9 Å². The van der Waals surface area contributed by atoms with Gasteiger partial charge in [-0.3, -0.25) is 9.80 Å². The minimum atomic E-state index is 0.686. The van der Waals surface area contributed by atoms with E-state index in [0.29, 0.717) is 6.04 Å². The van der Waals surface area contributed by atoms with Crippen LogP contribution in [-0.2, 0) is 0 Å². The van der Waals surface area contributed by atoms with E-state index in [9.17, 15) is 0 Å². The Bertz CT molecular complexity index is 366. The highest BCUT2D eigenvalue weighted by Gasteiger charge is 2.34. The highest BCUT2D eigenvalue weighted by Crippen LogP contribution is 2.23. The Hall–Kier alpha value is -0.720. The van der Waals surface area contributed by atoms with Crippen LogP contribution in [0.2, 0.25) is 0 Å². The molecule has 0 N–H and O–H groups in total. The van der Waals surface area contributed by atoms with Gasteiger partial charge < -0.3 is 4.90 Å². The van der Waals surface area contributed by atoms with E-state index in [1.807, 2.05) is 6.20 Å². The van der Waals surface area contributed by atoms with E-state index in [-0.39, 0.29) is 0 Å². The SMILES string of the molecule is CC(C)N1CCN(C2CN(c3cnsn3)C2)CC1. The van der Waals surface area contributed by atoms with Crippen molar-refractivity contribution in [1.82, 2.24) is 18.5 Å². The molecule has 3 heterocycles. The number of hydrogen-bond acceptors (Lipinski definition) is 6. The van der Waals surface area contributed by atoms with Gasteiger partial charge in [0.2, 0.25) is 0 Å². The van der Waals surface area contributed by atoms with Gasteiger partial charge in [0.05, 0.1) is 17.9 Å². The summed E-state index contributed by atoms with van der Waals surface area (Å²) >= 11 is 1.30. The molecular formula is C12H21N5S. The summed E-state index contributed by atoms with van der Waals surface area (Å²) in [4.78, 5) is 7.52. The van der Waals surface area contributed by atoms with Gasteiger partial charge in [0, 0.05) is 51.4 Å². The van der Waals surface area contributed by atoms with Gasteiger partial charge in [-0.2, -0.15) is 8.75 Å². The van der Waals surface area contributed by atoms with Crippen LogP contribution in [-0.4, -0.2) is 69.9 Å². The van der Waals surface area contributed by atoms with Gasteiger partial charge in [-0.15, -0.1) is 0 Å². The molecule has 3 rings (SSSR count). The van der Waals surface area contributed by atoms with Crippen LogP contribution in [0.25, 0.3) is 0 Å². The van der Waals surface area contributed by atoms with Gasteiger partial charge in [-0.1, -0.05) is 0 Å². The van der Waals surface area contributed by atoms with Crippen molar-refractivity contribution in [2.24, 2.45) is 0 Å². The Balaban J connectivity index is 1.46. The Morgan fingerprint density at radius 1 is 1.22 bits per heavy atom. The third-order valence-electron chi connectivity index (χ3n) is 4.13. The third kappa shape index (κ3) is 2.37. The van der Waals surface area contributed by atoms with E-state index in [1.165, 1.54) is 37.9 Å². The molecule has 0 unspecified atom stereocenters. The molecule has 5 nitrogen and oxygen atoms in total. The zero-order chi connectivity index (χ0) is 12.5. The molecule has 0 atom stereocenters. The largest absolute Gasteiger partial charge is 0.351 e. The van der Waals surface area contributed by atoms with E-state index >= 15 is 0 Å². The number of aromatic nitrogens is 2. The van der Waals surface area contributed by atoms with Gasteiger partial charge >= 0.3 is 0 Å². The molecule has 0 spiro atoms. The second-order valence-corrected chi connectivity index (χ2v) is 6.05. The Morgan fingerprint density at radius 3 is 2.50 bits per heavy atom. The van der Waals surface area contributed by atoms with Gasteiger partial charge in [-0.25, -0.2) is 0 Å². The fourth-order valence-electron chi connectivity index (χ4n) is 2.79. The molecule has 6 heteroatoms. The predicted molar refractivity (Wildman–Crippen MR) is 74.2 cm³/mol. The summed E-state index contributed by atoms with van der Waals surface area (Å²) in [5.41, 5.74) is 0. The maximum atomic E-state index is 4.28. The smallest absolute Gasteiger partial charge is 0.162 e. The fraction of sp³-hybridized carbons (Fsp3) is 0.833.